The van der Waals surface area contributed by atoms with Crippen LogP contribution in [0, 0.1) is 24.2 Å². The minimum atomic E-state index is 0.611. The van der Waals surface area contributed by atoms with Crippen molar-refractivity contribution in [2.45, 2.75) is 33.7 Å². The van der Waals surface area contributed by atoms with Crippen LogP contribution in [-0.4, -0.2) is 36.1 Å². The van der Waals surface area contributed by atoms with Gasteiger partial charge < -0.3 is 4.90 Å². The lowest BCUT2D eigenvalue weighted by Crippen LogP contribution is -2.46. The molecular weight excluding hydrogens is 376 g/mol. The van der Waals surface area contributed by atoms with Gasteiger partial charge in [0.1, 0.15) is 11.1 Å². The highest BCUT2D eigenvalue weighted by atomic mass is 32.1. The van der Waals surface area contributed by atoms with Gasteiger partial charge >= 0.3 is 0 Å². The van der Waals surface area contributed by atoms with Gasteiger partial charge in [-0.15, -0.1) is 11.3 Å². The average molecular weight is 405 g/mol. The van der Waals surface area contributed by atoms with Gasteiger partial charge in [-0.1, -0.05) is 26.0 Å². The normalized spacial score (nSPS) is 15.2. The summed E-state index contributed by atoms with van der Waals surface area (Å²) in [5.74, 6) is 0.611. The Morgan fingerprint density at radius 1 is 1.14 bits per heavy atom. The van der Waals surface area contributed by atoms with E-state index in [9.17, 15) is 5.26 Å². The Bertz CT molecular complexity index is 1010. The third-order valence-electron chi connectivity index (χ3n) is 5.61. The summed E-state index contributed by atoms with van der Waals surface area (Å²) >= 11 is 1.79. The van der Waals surface area contributed by atoms with E-state index < -0.39 is 0 Å². The van der Waals surface area contributed by atoms with Crippen LogP contribution in [0.2, 0.25) is 0 Å². The van der Waals surface area contributed by atoms with Gasteiger partial charge in [-0.2, -0.15) is 5.26 Å². The molecule has 1 saturated heterocycles. The third-order valence-corrected chi connectivity index (χ3v) is 6.63. The lowest BCUT2D eigenvalue weighted by molar-refractivity contribution is 0.249. The summed E-state index contributed by atoms with van der Waals surface area (Å²) in [7, 11) is 0. The fourth-order valence-electron chi connectivity index (χ4n) is 4.08. The van der Waals surface area contributed by atoms with E-state index in [1.54, 1.807) is 11.3 Å². The number of nitriles is 1. The van der Waals surface area contributed by atoms with Crippen LogP contribution in [0.25, 0.3) is 10.2 Å². The first-order valence-electron chi connectivity index (χ1n) is 10.4. The zero-order valence-corrected chi connectivity index (χ0v) is 18.3. The van der Waals surface area contributed by atoms with Crippen molar-refractivity contribution in [3.63, 3.8) is 0 Å². The Morgan fingerprint density at radius 2 is 1.90 bits per heavy atom. The molecule has 5 heteroatoms. The van der Waals surface area contributed by atoms with Crippen molar-refractivity contribution in [2.75, 3.05) is 31.1 Å². The number of hydrogen-bond acceptors (Lipinski definition) is 5. The maximum absolute atomic E-state index is 9.67. The number of benzene rings is 2. The Kier molecular flexibility index (Phi) is 5.84. The molecule has 3 aromatic rings. The van der Waals surface area contributed by atoms with Crippen LogP contribution in [0.4, 0.5) is 5.69 Å². The van der Waals surface area contributed by atoms with Gasteiger partial charge in [-0.05, 0) is 54.7 Å². The van der Waals surface area contributed by atoms with E-state index in [1.165, 1.54) is 20.8 Å². The standard InChI is InChI=1S/C24H28N4S/c1-17(2)12-19-14-22(20(15-25)13-18(19)3)28-10-8-27(9-11-28)16-24-26-21-6-4-5-7-23(21)29-24/h4-7,13-14,17H,8-12,16H2,1-3H3. The molecule has 1 fully saturated rings. The second-order valence-corrected chi connectivity index (χ2v) is 9.46. The first kappa shape index (κ1) is 19.9. The zero-order chi connectivity index (χ0) is 20.4. The third kappa shape index (κ3) is 4.44. The molecule has 0 unspecified atom stereocenters. The fourth-order valence-corrected chi connectivity index (χ4v) is 5.09. The summed E-state index contributed by atoms with van der Waals surface area (Å²) in [6, 6.07) is 15.1. The number of para-hydroxylation sites is 1. The highest BCUT2D eigenvalue weighted by Crippen LogP contribution is 2.28. The van der Waals surface area contributed by atoms with E-state index in [0.29, 0.717) is 5.92 Å². The Balaban J connectivity index is 1.45. The first-order chi connectivity index (χ1) is 14.0. The van der Waals surface area contributed by atoms with Crippen molar-refractivity contribution < 1.29 is 0 Å². The summed E-state index contributed by atoms with van der Waals surface area (Å²) in [6.07, 6.45) is 1.06. The van der Waals surface area contributed by atoms with Crippen LogP contribution >= 0.6 is 11.3 Å². The number of rotatable bonds is 5. The molecule has 1 aliphatic rings. The van der Waals surface area contributed by atoms with Crippen LogP contribution in [-0.2, 0) is 13.0 Å². The molecule has 0 atom stereocenters. The summed E-state index contributed by atoms with van der Waals surface area (Å²) in [6.45, 7) is 11.4. The molecule has 4 nitrogen and oxygen atoms in total. The highest BCUT2D eigenvalue weighted by molar-refractivity contribution is 7.18. The Labute approximate surface area is 177 Å². The molecule has 0 amide bonds. The zero-order valence-electron chi connectivity index (χ0n) is 17.5. The van der Waals surface area contributed by atoms with E-state index in [-0.39, 0.29) is 0 Å². The van der Waals surface area contributed by atoms with Crippen LogP contribution in [0.5, 0.6) is 0 Å². The molecule has 0 saturated carbocycles. The van der Waals surface area contributed by atoms with Gasteiger partial charge in [-0.3, -0.25) is 4.90 Å². The molecule has 29 heavy (non-hydrogen) atoms. The predicted molar refractivity (Wildman–Crippen MR) is 122 cm³/mol. The van der Waals surface area contributed by atoms with E-state index in [0.717, 1.165) is 55.9 Å². The lowest BCUT2D eigenvalue weighted by atomic mass is 9.95. The Hall–Kier alpha value is -2.42. The molecule has 0 N–H and O–H groups in total. The maximum atomic E-state index is 9.67. The molecule has 1 aliphatic heterocycles. The van der Waals surface area contributed by atoms with Crippen molar-refractivity contribution in [1.82, 2.24) is 9.88 Å². The van der Waals surface area contributed by atoms with Gasteiger partial charge in [0.15, 0.2) is 0 Å². The van der Waals surface area contributed by atoms with Crippen molar-refractivity contribution in [2.24, 2.45) is 5.92 Å². The number of anilines is 1. The molecule has 0 bridgehead atoms. The van der Waals surface area contributed by atoms with Gasteiger partial charge in [0.25, 0.3) is 0 Å². The maximum Gasteiger partial charge on any atom is 0.108 e. The summed E-state index contributed by atoms with van der Waals surface area (Å²) in [4.78, 5) is 9.64. The second-order valence-electron chi connectivity index (χ2n) is 8.34. The van der Waals surface area contributed by atoms with E-state index in [2.05, 4.69) is 67.0 Å². The minimum absolute atomic E-state index is 0.611. The highest BCUT2D eigenvalue weighted by Gasteiger charge is 2.21. The fraction of sp³-hybridized carbons (Fsp3) is 0.417. The summed E-state index contributed by atoms with van der Waals surface area (Å²) in [5.41, 5.74) is 5.60. The molecular formula is C24H28N4S. The SMILES string of the molecule is Cc1cc(C#N)c(N2CCN(Cc3nc4ccccc4s3)CC2)cc1CC(C)C. The number of fused-ring (bicyclic) bond motifs is 1. The molecule has 0 spiro atoms. The largest absolute Gasteiger partial charge is 0.368 e. The topological polar surface area (TPSA) is 43.2 Å². The predicted octanol–water partition coefficient (Wildman–Crippen LogP) is 5.00. The molecule has 0 radical (unpaired) electrons. The van der Waals surface area contributed by atoms with E-state index in [1.807, 2.05) is 6.07 Å². The molecule has 2 aromatic carbocycles. The van der Waals surface area contributed by atoms with Crippen LogP contribution < -0.4 is 4.90 Å². The van der Waals surface area contributed by atoms with Gasteiger partial charge in [0.2, 0.25) is 0 Å². The van der Waals surface area contributed by atoms with E-state index in [4.69, 9.17) is 4.98 Å². The molecule has 4 rings (SSSR count). The van der Waals surface area contributed by atoms with Gasteiger partial charge in [0, 0.05) is 26.2 Å². The Morgan fingerprint density at radius 3 is 2.59 bits per heavy atom. The number of aryl methyl sites for hydroxylation is 1. The van der Waals surface area contributed by atoms with Crippen LogP contribution in [0.1, 0.15) is 35.5 Å². The summed E-state index contributed by atoms with van der Waals surface area (Å²) < 4.78 is 1.26. The monoisotopic (exact) mass is 404 g/mol. The van der Waals surface area contributed by atoms with Crippen molar-refractivity contribution in [3.8, 4) is 6.07 Å². The lowest BCUT2D eigenvalue weighted by Gasteiger charge is -2.36. The van der Waals surface area contributed by atoms with Crippen molar-refractivity contribution in [3.05, 3.63) is 58.1 Å². The number of piperazine rings is 1. The molecule has 0 aliphatic carbocycles. The van der Waals surface area contributed by atoms with Crippen molar-refractivity contribution >= 4 is 27.2 Å². The number of aromatic nitrogens is 1. The number of thiazole rings is 1. The smallest absolute Gasteiger partial charge is 0.108 e. The average Bonchev–Trinajstić information content (AvgIpc) is 3.12. The summed E-state index contributed by atoms with van der Waals surface area (Å²) in [5, 5.41) is 10.9. The second kappa shape index (κ2) is 8.52. The number of hydrogen-bond donors (Lipinski definition) is 0. The quantitative estimate of drug-likeness (QED) is 0.600. The van der Waals surface area contributed by atoms with Crippen LogP contribution in [0.3, 0.4) is 0 Å². The number of nitrogens with zero attached hydrogens (tertiary/aromatic N) is 4. The molecule has 2 heterocycles. The van der Waals surface area contributed by atoms with E-state index >= 15 is 0 Å². The van der Waals surface area contributed by atoms with Gasteiger partial charge in [0.05, 0.1) is 28.0 Å². The first-order valence-corrected chi connectivity index (χ1v) is 11.2. The van der Waals surface area contributed by atoms with Crippen LogP contribution in [0.15, 0.2) is 36.4 Å². The molecule has 150 valence electrons. The minimum Gasteiger partial charge on any atom is -0.368 e. The molecule has 1 aromatic heterocycles. The van der Waals surface area contributed by atoms with Gasteiger partial charge in [-0.25, -0.2) is 4.98 Å². The van der Waals surface area contributed by atoms with Crippen molar-refractivity contribution in [1.29, 1.82) is 5.26 Å².